The molecule has 0 aromatic heterocycles. The maximum absolute atomic E-state index is 6.21. The Labute approximate surface area is 124 Å². The van der Waals surface area contributed by atoms with Crippen molar-refractivity contribution in [3.05, 3.63) is 56.6 Å². The zero-order chi connectivity index (χ0) is 14.2. The molecule has 2 rings (SSSR count). The fourth-order valence-electron chi connectivity index (χ4n) is 1.78. The van der Waals surface area contributed by atoms with E-state index in [2.05, 4.69) is 0 Å². The third-order valence-corrected chi connectivity index (χ3v) is 3.91. The molecule has 1 nitrogen and oxygen atoms in total. The van der Waals surface area contributed by atoms with E-state index in [1.54, 1.807) is 0 Å². The summed E-state index contributed by atoms with van der Waals surface area (Å²) >= 11 is 12.4. The molecule has 2 aromatic carbocycles. The van der Waals surface area contributed by atoms with Gasteiger partial charge in [0.15, 0.2) is 0 Å². The minimum Gasteiger partial charge on any atom is -0.454 e. The molecule has 0 spiro atoms. The van der Waals surface area contributed by atoms with Crippen molar-refractivity contribution in [1.29, 1.82) is 0 Å². The summed E-state index contributed by atoms with van der Waals surface area (Å²) < 4.78 is 5.85. The minimum absolute atomic E-state index is 0.595. The minimum atomic E-state index is 0.595. The highest BCUT2D eigenvalue weighted by Gasteiger charge is 2.10. The lowest BCUT2D eigenvalue weighted by Gasteiger charge is -2.13. The Morgan fingerprint density at radius 1 is 0.632 bits per heavy atom. The number of benzene rings is 2. The van der Waals surface area contributed by atoms with Gasteiger partial charge in [-0.3, -0.25) is 0 Å². The van der Waals surface area contributed by atoms with Gasteiger partial charge < -0.3 is 4.74 Å². The van der Waals surface area contributed by atoms with Crippen molar-refractivity contribution in [3.8, 4) is 11.5 Å². The molecular formula is C16H16Cl2O. The van der Waals surface area contributed by atoms with E-state index in [-0.39, 0.29) is 0 Å². The van der Waals surface area contributed by atoms with Crippen molar-refractivity contribution in [2.45, 2.75) is 27.7 Å². The van der Waals surface area contributed by atoms with Gasteiger partial charge in [-0.15, -0.1) is 0 Å². The van der Waals surface area contributed by atoms with Crippen LogP contribution < -0.4 is 4.74 Å². The van der Waals surface area contributed by atoms with Crippen LogP contribution in [0.15, 0.2) is 24.3 Å². The molecule has 0 fully saturated rings. The van der Waals surface area contributed by atoms with Crippen molar-refractivity contribution in [3.63, 3.8) is 0 Å². The van der Waals surface area contributed by atoms with Gasteiger partial charge in [0.25, 0.3) is 0 Å². The summed E-state index contributed by atoms with van der Waals surface area (Å²) in [5.74, 6) is 1.27. The van der Waals surface area contributed by atoms with Crippen LogP contribution in [0, 0.1) is 27.7 Å². The van der Waals surface area contributed by atoms with E-state index in [1.165, 1.54) is 0 Å². The third kappa shape index (κ3) is 3.05. The van der Waals surface area contributed by atoms with Crippen LogP contribution in [0.25, 0.3) is 0 Å². The first-order valence-electron chi connectivity index (χ1n) is 6.10. The van der Waals surface area contributed by atoms with E-state index in [4.69, 9.17) is 27.9 Å². The molecule has 3 heteroatoms. The van der Waals surface area contributed by atoms with Gasteiger partial charge in [0.05, 0.1) is 10.0 Å². The lowest BCUT2D eigenvalue weighted by atomic mass is 10.1. The monoisotopic (exact) mass is 294 g/mol. The molecule has 100 valence electrons. The Hall–Kier alpha value is -1.18. The second kappa shape index (κ2) is 5.44. The summed E-state index contributed by atoms with van der Waals surface area (Å²) in [5, 5.41) is 1.19. The van der Waals surface area contributed by atoms with E-state index < -0.39 is 0 Å². The number of hydrogen-bond donors (Lipinski definition) is 0. The van der Waals surface area contributed by atoms with Crippen LogP contribution in [0.5, 0.6) is 11.5 Å². The first-order chi connectivity index (χ1) is 8.88. The first kappa shape index (κ1) is 14.2. The van der Waals surface area contributed by atoms with Crippen molar-refractivity contribution in [2.75, 3.05) is 0 Å². The molecule has 0 atom stereocenters. The predicted molar refractivity (Wildman–Crippen MR) is 81.9 cm³/mol. The number of aryl methyl sites for hydroxylation is 4. The van der Waals surface area contributed by atoms with Gasteiger partial charge in [0.1, 0.15) is 11.5 Å². The quantitative estimate of drug-likeness (QED) is 0.658. The lowest BCUT2D eigenvalue weighted by molar-refractivity contribution is 0.482. The van der Waals surface area contributed by atoms with E-state index in [0.29, 0.717) is 21.5 Å². The van der Waals surface area contributed by atoms with E-state index in [9.17, 15) is 0 Å². The highest BCUT2D eigenvalue weighted by atomic mass is 35.5. The normalized spacial score (nSPS) is 10.6. The van der Waals surface area contributed by atoms with Gasteiger partial charge in [-0.2, -0.15) is 0 Å². The van der Waals surface area contributed by atoms with Gasteiger partial charge in [0, 0.05) is 0 Å². The Morgan fingerprint density at radius 2 is 0.947 bits per heavy atom. The van der Waals surface area contributed by atoms with Crippen molar-refractivity contribution >= 4 is 23.2 Å². The first-order valence-corrected chi connectivity index (χ1v) is 6.85. The summed E-state index contributed by atoms with van der Waals surface area (Å²) in [6.07, 6.45) is 0. The molecule has 0 amide bonds. The SMILES string of the molecule is Cc1cc(Cl)c(Oc2cc(C)c(C)cc2Cl)cc1C. The molecule has 19 heavy (non-hydrogen) atoms. The molecule has 0 heterocycles. The maximum atomic E-state index is 6.21. The Morgan fingerprint density at radius 3 is 1.32 bits per heavy atom. The third-order valence-electron chi connectivity index (χ3n) is 3.32. The summed E-state index contributed by atoms with van der Waals surface area (Å²) in [4.78, 5) is 0. The molecule has 0 radical (unpaired) electrons. The summed E-state index contributed by atoms with van der Waals surface area (Å²) in [5.41, 5.74) is 4.56. The van der Waals surface area contributed by atoms with Crippen LogP contribution >= 0.6 is 23.2 Å². The molecule has 0 bridgehead atoms. The molecule has 0 aliphatic rings. The van der Waals surface area contributed by atoms with Gasteiger partial charge in [0.2, 0.25) is 0 Å². The van der Waals surface area contributed by atoms with Gasteiger partial charge >= 0.3 is 0 Å². The van der Waals surface area contributed by atoms with Gasteiger partial charge in [-0.25, -0.2) is 0 Å². The van der Waals surface area contributed by atoms with Crippen LogP contribution in [0.1, 0.15) is 22.3 Å². The Bertz CT molecular complexity index is 578. The van der Waals surface area contributed by atoms with Crippen LogP contribution in [0.2, 0.25) is 10.0 Å². The van der Waals surface area contributed by atoms with E-state index >= 15 is 0 Å². The zero-order valence-electron chi connectivity index (χ0n) is 11.5. The maximum Gasteiger partial charge on any atom is 0.146 e. The van der Waals surface area contributed by atoms with Crippen LogP contribution in [0.3, 0.4) is 0 Å². The molecule has 0 saturated heterocycles. The highest BCUT2D eigenvalue weighted by molar-refractivity contribution is 6.33. The second-order valence-electron chi connectivity index (χ2n) is 4.84. The average Bonchev–Trinajstić information content (AvgIpc) is 2.32. The predicted octanol–water partition coefficient (Wildman–Crippen LogP) is 6.02. The molecule has 0 aliphatic heterocycles. The van der Waals surface area contributed by atoms with Crippen LogP contribution in [-0.4, -0.2) is 0 Å². The molecule has 0 aliphatic carbocycles. The molecule has 0 saturated carbocycles. The number of hydrogen-bond acceptors (Lipinski definition) is 1. The fourth-order valence-corrected chi connectivity index (χ4v) is 2.30. The number of halogens is 2. The lowest BCUT2D eigenvalue weighted by Crippen LogP contribution is -1.91. The topological polar surface area (TPSA) is 9.23 Å². The van der Waals surface area contributed by atoms with E-state index in [1.807, 2.05) is 52.0 Å². The largest absolute Gasteiger partial charge is 0.454 e. The molecule has 0 N–H and O–H groups in total. The Balaban J connectivity index is 2.42. The van der Waals surface area contributed by atoms with Crippen molar-refractivity contribution in [2.24, 2.45) is 0 Å². The van der Waals surface area contributed by atoms with Gasteiger partial charge in [-0.05, 0) is 74.2 Å². The Kier molecular flexibility index (Phi) is 4.07. The summed E-state index contributed by atoms with van der Waals surface area (Å²) in [6, 6.07) is 7.68. The zero-order valence-corrected chi connectivity index (χ0v) is 13.0. The van der Waals surface area contributed by atoms with Crippen molar-refractivity contribution < 1.29 is 4.74 Å². The summed E-state index contributed by atoms with van der Waals surface area (Å²) in [6.45, 7) is 8.10. The second-order valence-corrected chi connectivity index (χ2v) is 5.65. The fraction of sp³-hybridized carbons (Fsp3) is 0.250. The molecule has 0 unspecified atom stereocenters. The average molecular weight is 295 g/mol. The summed E-state index contributed by atoms with van der Waals surface area (Å²) in [7, 11) is 0. The van der Waals surface area contributed by atoms with Crippen LogP contribution in [-0.2, 0) is 0 Å². The smallest absolute Gasteiger partial charge is 0.146 e. The van der Waals surface area contributed by atoms with E-state index in [0.717, 1.165) is 22.3 Å². The van der Waals surface area contributed by atoms with Gasteiger partial charge in [-0.1, -0.05) is 23.2 Å². The highest BCUT2D eigenvalue weighted by Crippen LogP contribution is 2.36. The molecular weight excluding hydrogens is 279 g/mol. The van der Waals surface area contributed by atoms with Crippen LogP contribution in [0.4, 0.5) is 0 Å². The van der Waals surface area contributed by atoms with Crippen molar-refractivity contribution in [1.82, 2.24) is 0 Å². The number of ether oxygens (including phenoxy) is 1. The standard InChI is InChI=1S/C16H16Cl2O/c1-9-5-13(17)15(7-11(9)3)19-16-8-12(4)10(2)6-14(16)18/h5-8H,1-4H3. The molecule has 2 aromatic rings. The number of rotatable bonds is 2.